The molecular weight excluding hydrogens is 406 g/mol. The molecule has 0 aliphatic carbocycles. The standard InChI is InChI=1S/C24H21N5O3/c1-32-20-9-7-18(8-10-20)21-11-19(26-15-27-21)13-25-23(30)14-29-16-28-22(12-24(29)31)17-5-3-2-4-6-17/h2-12,15-16H,13-14H2,1H3,(H,25,30). The number of nitrogens with zero attached hydrogens (tertiary/aromatic N) is 4. The summed E-state index contributed by atoms with van der Waals surface area (Å²) in [4.78, 5) is 37.5. The summed E-state index contributed by atoms with van der Waals surface area (Å²) in [6.07, 6.45) is 2.84. The highest BCUT2D eigenvalue weighted by Gasteiger charge is 2.08. The number of benzene rings is 2. The van der Waals surface area contributed by atoms with E-state index in [1.54, 1.807) is 7.11 Å². The number of methoxy groups -OCH3 is 1. The minimum atomic E-state index is -0.314. The van der Waals surface area contributed by atoms with Crippen molar-refractivity contribution in [2.75, 3.05) is 7.11 Å². The first-order chi connectivity index (χ1) is 15.6. The first kappa shape index (κ1) is 20.9. The van der Waals surface area contributed by atoms with E-state index in [1.807, 2.05) is 60.7 Å². The summed E-state index contributed by atoms with van der Waals surface area (Å²) in [5.41, 5.74) is 3.43. The molecule has 0 fully saturated rings. The second-order valence-electron chi connectivity index (χ2n) is 7.01. The lowest BCUT2D eigenvalue weighted by atomic mass is 10.1. The van der Waals surface area contributed by atoms with Crippen LogP contribution in [0.25, 0.3) is 22.5 Å². The van der Waals surface area contributed by atoms with Gasteiger partial charge in [-0.2, -0.15) is 0 Å². The largest absolute Gasteiger partial charge is 0.497 e. The molecule has 0 saturated heterocycles. The molecule has 0 spiro atoms. The van der Waals surface area contributed by atoms with Crippen LogP contribution < -0.4 is 15.6 Å². The van der Waals surface area contributed by atoms with Gasteiger partial charge >= 0.3 is 0 Å². The molecule has 0 atom stereocenters. The fourth-order valence-corrected chi connectivity index (χ4v) is 3.13. The number of hydrogen-bond acceptors (Lipinski definition) is 6. The average molecular weight is 427 g/mol. The third-order valence-corrected chi connectivity index (χ3v) is 4.84. The highest BCUT2D eigenvalue weighted by Crippen LogP contribution is 2.20. The van der Waals surface area contributed by atoms with Crippen LogP contribution in [0.15, 0.2) is 84.2 Å². The molecule has 1 N–H and O–H groups in total. The number of nitrogens with one attached hydrogen (secondary N) is 1. The van der Waals surface area contributed by atoms with Gasteiger partial charge in [-0.1, -0.05) is 30.3 Å². The number of aromatic nitrogens is 4. The fraction of sp³-hybridized carbons (Fsp3) is 0.125. The lowest BCUT2D eigenvalue weighted by molar-refractivity contribution is -0.121. The molecule has 8 nitrogen and oxygen atoms in total. The lowest BCUT2D eigenvalue weighted by Gasteiger charge is -2.09. The number of hydrogen-bond donors (Lipinski definition) is 1. The Labute approximate surface area is 184 Å². The van der Waals surface area contributed by atoms with Crippen LogP contribution in [0.4, 0.5) is 0 Å². The van der Waals surface area contributed by atoms with Crippen molar-refractivity contribution in [2.24, 2.45) is 0 Å². The van der Waals surface area contributed by atoms with Crippen molar-refractivity contribution in [3.8, 4) is 28.3 Å². The van der Waals surface area contributed by atoms with Crippen molar-refractivity contribution in [1.82, 2.24) is 24.8 Å². The normalized spacial score (nSPS) is 10.5. The van der Waals surface area contributed by atoms with Crippen LogP contribution in [0.3, 0.4) is 0 Å². The van der Waals surface area contributed by atoms with Gasteiger partial charge in [0.25, 0.3) is 5.56 Å². The Bertz CT molecular complexity index is 1270. The summed E-state index contributed by atoms with van der Waals surface area (Å²) in [6, 6.07) is 20.2. The molecule has 0 unspecified atom stereocenters. The van der Waals surface area contributed by atoms with E-state index >= 15 is 0 Å². The molecule has 160 valence electrons. The molecule has 0 aliphatic heterocycles. The van der Waals surface area contributed by atoms with Crippen molar-refractivity contribution in [2.45, 2.75) is 13.1 Å². The molecule has 1 amide bonds. The van der Waals surface area contributed by atoms with Gasteiger partial charge in [0.05, 0.1) is 37.1 Å². The fourth-order valence-electron chi connectivity index (χ4n) is 3.13. The van der Waals surface area contributed by atoms with Crippen molar-refractivity contribution < 1.29 is 9.53 Å². The predicted octanol–water partition coefficient (Wildman–Crippen LogP) is 2.69. The van der Waals surface area contributed by atoms with Crippen molar-refractivity contribution in [1.29, 1.82) is 0 Å². The summed E-state index contributed by atoms with van der Waals surface area (Å²) < 4.78 is 6.44. The smallest absolute Gasteiger partial charge is 0.254 e. The number of rotatable bonds is 7. The summed E-state index contributed by atoms with van der Waals surface area (Å²) in [7, 11) is 1.61. The van der Waals surface area contributed by atoms with Crippen LogP contribution in [-0.2, 0) is 17.9 Å². The van der Waals surface area contributed by atoms with E-state index in [-0.39, 0.29) is 24.6 Å². The molecule has 0 bridgehead atoms. The second kappa shape index (κ2) is 9.65. The minimum Gasteiger partial charge on any atom is -0.497 e. The summed E-state index contributed by atoms with van der Waals surface area (Å²) in [6.45, 7) is 0.0894. The van der Waals surface area contributed by atoms with Crippen LogP contribution >= 0.6 is 0 Å². The molecule has 0 saturated carbocycles. The Hall–Kier alpha value is -4.33. The van der Waals surface area contributed by atoms with Gasteiger partial charge in [-0.05, 0) is 30.3 Å². The topological polar surface area (TPSA) is 99.0 Å². The number of carbonyl (C=O) groups excluding carboxylic acids is 1. The van der Waals surface area contributed by atoms with E-state index in [9.17, 15) is 9.59 Å². The third kappa shape index (κ3) is 5.04. The van der Waals surface area contributed by atoms with Gasteiger partial charge in [-0.25, -0.2) is 15.0 Å². The molecular formula is C24H21N5O3. The third-order valence-electron chi connectivity index (χ3n) is 4.84. The van der Waals surface area contributed by atoms with Crippen LogP contribution in [-0.4, -0.2) is 32.5 Å². The number of ether oxygens (including phenoxy) is 1. The summed E-state index contributed by atoms with van der Waals surface area (Å²) >= 11 is 0. The van der Waals surface area contributed by atoms with Crippen LogP contribution in [0.5, 0.6) is 5.75 Å². The Kier molecular flexibility index (Phi) is 6.31. The van der Waals surface area contributed by atoms with Gasteiger partial charge < -0.3 is 10.1 Å². The predicted molar refractivity (Wildman–Crippen MR) is 120 cm³/mol. The molecule has 4 rings (SSSR count). The molecule has 0 radical (unpaired) electrons. The quantitative estimate of drug-likeness (QED) is 0.487. The van der Waals surface area contributed by atoms with Gasteiger partial charge in [-0.15, -0.1) is 0 Å². The first-order valence-corrected chi connectivity index (χ1v) is 9.96. The Morgan fingerprint density at radius 2 is 1.66 bits per heavy atom. The van der Waals surface area contributed by atoms with Gasteiger partial charge in [0.15, 0.2) is 0 Å². The van der Waals surface area contributed by atoms with E-state index in [2.05, 4.69) is 20.3 Å². The second-order valence-corrected chi connectivity index (χ2v) is 7.01. The van der Waals surface area contributed by atoms with Gasteiger partial charge in [-0.3, -0.25) is 14.2 Å². The van der Waals surface area contributed by atoms with Crippen molar-refractivity contribution in [3.05, 3.63) is 95.4 Å². The van der Waals surface area contributed by atoms with Gasteiger partial charge in [0.2, 0.25) is 5.91 Å². The molecule has 8 heteroatoms. The van der Waals surface area contributed by atoms with Gasteiger partial charge in [0, 0.05) is 17.2 Å². The van der Waals surface area contributed by atoms with Crippen LogP contribution in [0, 0.1) is 0 Å². The average Bonchev–Trinajstić information content (AvgIpc) is 2.85. The van der Waals surface area contributed by atoms with E-state index in [0.717, 1.165) is 22.6 Å². The van der Waals surface area contributed by atoms with Crippen molar-refractivity contribution in [3.63, 3.8) is 0 Å². The maximum Gasteiger partial charge on any atom is 0.254 e. The molecule has 2 heterocycles. The zero-order valence-corrected chi connectivity index (χ0v) is 17.4. The molecule has 0 aliphatic rings. The molecule has 32 heavy (non-hydrogen) atoms. The molecule has 2 aromatic carbocycles. The summed E-state index contributed by atoms with van der Waals surface area (Å²) in [5.74, 6) is 0.447. The Morgan fingerprint density at radius 3 is 2.38 bits per heavy atom. The minimum absolute atomic E-state index is 0.128. The molecule has 2 aromatic heterocycles. The monoisotopic (exact) mass is 427 g/mol. The SMILES string of the molecule is COc1ccc(-c2cc(CNC(=O)Cn3cnc(-c4ccccc4)cc3=O)ncn2)cc1. The van der Waals surface area contributed by atoms with E-state index in [1.165, 1.54) is 23.3 Å². The number of carbonyl (C=O) groups is 1. The summed E-state index contributed by atoms with van der Waals surface area (Å²) in [5, 5.41) is 2.78. The van der Waals surface area contributed by atoms with E-state index < -0.39 is 0 Å². The molecule has 4 aromatic rings. The van der Waals surface area contributed by atoms with E-state index in [0.29, 0.717) is 11.4 Å². The lowest BCUT2D eigenvalue weighted by Crippen LogP contribution is -2.32. The van der Waals surface area contributed by atoms with Crippen molar-refractivity contribution >= 4 is 5.91 Å². The number of amides is 1. The van der Waals surface area contributed by atoms with Gasteiger partial charge in [0.1, 0.15) is 18.6 Å². The highest BCUT2D eigenvalue weighted by atomic mass is 16.5. The highest BCUT2D eigenvalue weighted by molar-refractivity contribution is 5.75. The first-order valence-electron chi connectivity index (χ1n) is 9.96. The van der Waals surface area contributed by atoms with Crippen LogP contribution in [0.1, 0.15) is 5.69 Å². The van der Waals surface area contributed by atoms with Crippen LogP contribution in [0.2, 0.25) is 0 Å². The Morgan fingerprint density at radius 1 is 0.938 bits per heavy atom. The zero-order chi connectivity index (χ0) is 22.3. The Balaban J connectivity index is 1.38. The maximum absolute atomic E-state index is 12.4. The maximum atomic E-state index is 12.4. The van der Waals surface area contributed by atoms with E-state index in [4.69, 9.17) is 4.74 Å². The zero-order valence-electron chi connectivity index (χ0n) is 17.4.